The number of rotatable bonds is 4. The van der Waals surface area contributed by atoms with Gasteiger partial charge in [0.25, 0.3) is 5.91 Å². The summed E-state index contributed by atoms with van der Waals surface area (Å²) in [4.78, 5) is 16.7. The van der Waals surface area contributed by atoms with Crippen molar-refractivity contribution in [3.63, 3.8) is 0 Å². The quantitative estimate of drug-likeness (QED) is 0.596. The summed E-state index contributed by atoms with van der Waals surface area (Å²) in [5.41, 5.74) is 3.23. The Bertz CT molecular complexity index is 878. The van der Waals surface area contributed by atoms with Crippen molar-refractivity contribution in [3.05, 3.63) is 70.3 Å². The highest BCUT2D eigenvalue weighted by molar-refractivity contribution is 9.10. The summed E-state index contributed by atoms with van der Waals surface area (Å²) < 4.78 is 0.933. The summed E-state index contributed by atoms with van der Waals surface area (Å²) >= 11 is 3.36. The minimum Gasteiger partial charge on any atom is -0.373 e. The van der Waals surface area contributed by atoms with Gasteiger partial charge in [0.15, 0.2) is 0 Å². The number of carbonyl (C=O) groups is 1. The number of benzene rings is 2. The van der Waals surface area contributed by atoms with Crippen LogP contribution < -0.4 is 10.2 Å². The summed E-state index contributed by atoms with van der Waals surface area (Å²) in [6.07, 6.45) is 1.67. The molecule has 2 aromatic rings. The van der Waals surface area contributed by atoms with Crippen molar-refractivity contribution in [1.82, 2.24) is 4.90 Å². The summed E-state index contributed by atoms with van der Waals surface area (Å²) in [6, 6.07) is 17.7. The number of aryl methyl sites for hydroxylation is 1. The molecular formula is C21H21BrN4O. The predicted octanol–water partition coefficient (Wildman–Crippen LogP) is 3.93. The van der Waals surface area contributed by atoms with Gasteiger partial charge in [-0.2, -0.15) is 5.26 Å². The van der Waals surface area contributed by atoms with Crippen LogP contribution in [0.5, 0.6) is 0 Å². The zero-order valence-corrected chi connectivity index (χ0v) is 16.7. The largest absolute Gasteiger partial charge is 0.373 e. The smallest absolute Gasteiger partial charge is 0.267 e. The highest BCUT2D eigenvalue weighted by Crippen LogP contribution is 2.19. The van der Waals surface area contributed by atoms with Crippen molar-refractivity contribution in [1.29, 1.82) is 5.26 Å². The monoisotopic (exact) mass is 424 g/mol. The lowest BCUT2D eigenvalue weighted by Crippen LogP contribution is -2.44. The van der Waals surface area contributed by atoms with E-state index in [1.807, 2.05) is 23.1 Å². The summed E-state index contributed by atoms with van der Waals surface area (Å²) in [7, 11) is 0. The van der Waals surface area contributed by atoms with E-state index in [1.165, 1.54) is 11.3 Å². The molecule has 0 bridgehead atoms. The van der Waals surface area contributed by atoms with Crippen molar-refractivity contribution in [2.24, 2.45) is 0 Å². The van der Waals surface area contributed by atoms with Crippen LogP contribution in [0.4, 0.5) is 11.4 Å². The van der Waals surface area contributed by atoms with Crippen LogP contribution in [0.2, 0.25) is 0 Å². The molecule has 0 aromatic heterocycles. The van der Waals surface area contributed by atoms with Gasteiger partial charge < -0.3 is 15.1 Å². The Balaban J connectivity index is 1.60. The van der Waals surface area contributed by atoms with Crippen LogP contribution in [0.1, 0.15) is 5.56 Å². The zero-order chi connectivity index (χ0) is 19.2. The third kappa shape index (κ3) is 5.11. The van der Waals surface area contributed by atoms with Gasteiger partial charge in [-0.15, -0.1) is 0 Å². The van der Waals surface area contributed by atoms with Crippen LogP contribution in [0.3, 0.4) is 0 Å². The second-order valence-corrected chi connectivity index (χ2v) is 7.39. The van der Waals surface area contributed by atoms with Crippen LogP contribution >= 0.6 is 15.9 Å². The maximum Gasteiger partial charge on any atom is 0.267 e. The van der Waals surface area contributed by atoms with Crippen LogP contribution in [0, 0.1) is 18.3 Å². The third-order valence-corrected chi connectivity index (χ3v) is 4.99. The van der Waals surface area contributed by atoms with Gasteiger partial charge in [0.05, 0.1) is 0 Å². The lowest BCUT2D eigenvalue weighted by atomic mass is 10.2. The molecule has 0 unspecified atom stereocenters. The minimum absolute atomic E-state index is 0.113. The van der Waals surface area contributed by atoms with Crippen molar-refractivity contribution < 1.29 is 4.79 Å². The molecule has 1 N–H and O–H groups in total. The van der Waals surface area contributed by atoms with E-state index in [9.17, 15) is 10.1 Å². The molecule has 5 nitrogen and oxygen atoms in total. The number of piperazine rings is 1. The van der Waals surface area contributed by atoms with Gasteiger partial charge in [-0.3, -0.25) is 4.79 Å². The third-order valence-electron chi connectivity index (χ3n) is 4.46. The highest BCUT2D eigenvalue weighted by Gasteiger charge is 2.18. The number of carbonyl (C=O) groups excluding carboxylic acids is 1. The number of amides is 1. The Hall–Kier alpha value is -2.78. The molecule has 0 aliphatic carbocycles. The molecule has 0 radical (unpaired) electrons. The lowest BCUT2D eigenvalue weighted by molar-refractivity contribution is -0.112. The fraction of sp³-hybridized carbons (Fsp3) is 0.238. The fourth-order valence-electron chi connectivity index (χ4n) is 2.99. The molecule has 1 fully saturated rings. The topological polar surface area (TPSA) is 59.4 Å². The standard InChI is InChI=1S/C21H21BrN4O/c1-16-3-2-4-20(13-16)26-11-9-25(10-12-26)15-17(14-23)21(27)24-19-7-5-18(22)6-8-19/h2-8,13,15H,9-12H2,1H3,(H,24,27)/b17-15-. The van der Waals surface area contributed by atoms with Gasteiger partial charge in [-0.1, -0.05) is 28.1 Å². The van der Waals surface area contributed by atoms with E-state index in [2.05, 4.69) is 57.3 Å². The summed E-state index contributed by atoms with van der Waals surface area (Å²) in [6.45, 7) is 5.33. The molecule has 6 heteroatoms. The Morgan fingerprint density at radius 1 is 1.15 bits per heavy atom. The fourth-order valence-corrected chi connectivity index (χ4v) is 3.25. The van der Waals surface area contributed by atoms with Gasteiger partial charge in [-0.25, -0.2) is 0 Å². The Morgan fingerprint density at radius 2 is 1.85 bits per heavy atom. The lowest BCUT2D eigenvalue weighted by Gasteiger charge is -2.35. The molecule has 1 heterocycles. The molecule has 1 aliphatic heterocycles. The number of hydrogen-bond donors (Lipinski definition) is 1. The van der Waals surface area contributed by atoms with E-state index in [0.29, 0.717) is 5.69 Å². The molecule has 0 spiro atoms. The molecule has 138 valence electrons. The number of halogens is 1. The molecule has 1 amide bonds. The SMILES string of the molecule is Cc1cccc(N2CCN(/C=C(/C#N)C(=O)Nc3ccc(Br)cc3)CC2)c1. The summed E-state index contributed by atoms with van der Waals surface area (Å²) in [5.74, 6) is -0.388. The molecular weight excluding hydrogens is 404 g/mol. The normalized spacial score (nSPS) is 14.6. The number of nitrogens with zero attached hydrogens (tertiary/aromatic N) is 3. The van der Waals surface area contributed by atoms with E-state index in [-0.39, 0.29) is 11.5 Å². The Morgan fingerprint density at radius 3 is 2.48 bits per heavy atom. The van der Waals surface area contributed by atoms with Crippen molar-refractivity contribution in [3.8, 4) is 6.07 Å². The molecule has 1 saturated heterocycles. The first kappa shape index (κ1) is 19.0. The van der Waals surface area contributed by atoms with Gasteiger partial charge in [0, 0.05) is 48.2 Å². The average molecular weight is 425 g/mol. The van der Waals surface area contributed by atoms with Crippen LogP contribution in [0.25, 0.3) is 0 Å². The zero-order valence-electron chi connectivity index (χ0n) is 15.2. The second kappa shape index (κ2) is 8.74. The Kier molecular flexibility index (Phi) is 6.15. The van der Waals surface area contributed by atoms with Gasteiger partial charge in [0.1, 0.15) is 11.6 Å². The number of nitriles is 1. The van der Waals surface area contributed by atoms with E-state index in [0.717, 1.165) is 30.7 Å². The number of nitrogens with one attached hydrogen (secondary N) is 1. The first-order chi connectivity index (χ1) is 13.0. The van der Waals surface area contributed by atoms with Crippen LogP contribution in [-0.4, -0.2) is 37.0 Å². The van der Waals surface area contributed by atoms with Gasteiger partial charge in [0.2, 0.25) is 0 Å². The van der Waals surface area contributed by atoms with E-state index in [4.69, 9.17) is 0 Å². The van der Waals surface area contributed by atoms with Crippen LogP contribution in [-0.2, 0) is 4.79 Å². The molecule has 2 aromatic carbocycles. The molecule has 1 aliphatic rings. The highest BCUT2D eigenvalue weighted by atomic mass is 79.9. The molecule has 0 atom stereocenters. The molecule has 0 saturated carbocycles. The number of anilines is 2. The van der Waals surface area contributed by atoms with E-state index >= 15 is 0 Å². The first-order valence-electron chi connectivity index (χ1n) is 8.79. The first-order valence-corrected chi connectivity index (χ1v) is 9.59. The van der Waals surface area contributed by atoms with Crippen LogP contribution in [0.15, 0.2) is 64.8 Å². The number of hydrogen-bond acceptors (Lipinski definition) is 4. The molecule has 27 heavy (non-hydrogen) atoms. The second-order valence-electron chi connectivity index (χ2n) is 6.48. The van der Waals surface area contributed by atoms with Crippen molar-refractivity contribution >= 4 is 33.2 Å². The van der Waals surface area contributed by atoms with E-state index in [1.54, 1.807) is 18.3 Å². The maximum atomic E-state index is 12.4. The summed E-state index contributed by atoms with van der Waals surface area (Å²) in [5, 5.41) is 12.1. The molecule has 3 rings (SSSR count). The van der Waals surface area contributed by atoms with Gasteiger partial charge in [-0.05, 0) is 48.9 Å². The minimum atomic E-state index is -0.388. The van der Waals surface area contributed by atoms with Crippen molar-refractivity contribution in [2.45, 2.75) is 6.92 Å². The maximum absolute atomic E-state index is 12.4. The van der Waals surface area contributed by atoms with Crippen molar-refractivity contribution in [2.75, 3.05) is 36.4 Å². The van der Waals surface area contributed by atoms with E-state index < -0.39 is 0 Å². The average Bonchev–Trinajstić information content (AvgIpc) is 2.68. The van der Waals surface area contributed by atoms with Gasteiger partial charge >= 0.3 is 0 Å². The predicted molar refractivity (Wildman–Crippen MR) is 111 cm³/mol. The Labute approximate surface area is 168 Å².